The number of thiophene rings is 1. The Labute approximate surface area is 191 Å². The van der Waals surface area contributed by atoms with Gasteiger partial charge >= 0.3 is 0 Å². The largest absolute Gasteiger partial charge is 0.350 e. The Morgan fingerprint density at radius 1 is 1.16 bits per heavy atom. The van der Waals surface area contributed by atoms with Gasteiger partial charge in [0.05, 0.1) is 29.7 Å². The maximum absolute atomic E-state index is 13.3. The van der Waals surface area contributed by atoms with E-state index in [1.54, 1.807) is 17.5 Å². The molecule has 1 unspecified atom stereocenters. The zero-order valence-electron chi connectivity index (χ0n) is 18.2. The molecule has 0 spiro atoms. The number of pyridine rings is 1. The second-order valence-corrected chi connectivity index (χ2v) is 9.34. The van der Waals surface area contributed by atoms with Crippen LogP contribution in [0.3, 0.4) is 0 Å². The molecule has 0 bridgehead atoms. The molecule has 4 aromatic rings. The quantitative estimate of drug-likeness (QED) is 0.458. The molecule has 1 aliphatic heterocycles. The lowest BCUT2D eigenvalue weighted by molar-refractivity contribution is 0.0939. The Balaban J connectivity index is 1.38. The highest BCUT2D eigenvalue weighted by atomic mass is 32.1. The highest BCUT2D eigenvalue weighted by molar-refractivity contribution is 7.09. The van der Waals surface area contributed by atoms with E-state index in [-0.39, 0.29) is 11.9 Å². The van der Waals surface area contributed by atoms with Gasteiger partial charge in [0.25, 0.3) is 5.91 Å². The first-order chi connectivity index (χ1) is 15.7. The molecule has 0 aliphatic carbocycles. The molecule has 1 atom stereocenters. The normalized spacial score (nSPS) is 15.3. The number of rotatable bonds is 7. The van der Waals surface area contributed by atoms with E-state index >= 15 is 0 Å². The van der Waals surface area contributed by atoms with Gasteiger partial charge in [0.2, 0.25) is 0 Å². The summed E-state index contributed by atoms with van der Waals surface area (Å²) >= 11 is 1.69. The minimum Gasteiger partial charge on any atom is -0.350 e. The van der Waals surface area contributed by atoms with Crippen LogP contribution in [-0.4, -0.2) is 45.2 Å². The first-order valence-electron chi connectivity index (χ1n) is 11.1. The van der Waals surface area contributed by atoms with Crippen molar-refractivity contribution in [1.82, 2.24) is 25.0 Å². The van der Waals surface area contributed by atoms with E-state index in [0.29, 0.717) is 18.7 Å². The van der Waals surface area contributed by atoms with Crippen LogP contribution in [0.1, 0.15) is 45.4 Å². The number of fused-ring (bicyclic) bond motifs is 1. The van der Waals surface area contributed by atoms with Crippen LogP contribution in [0.25, 0.3) is 11.0 Å². The molecule has 4 heterocycles. The molecule has 6 nitrogen and oxygen atoms in total. The summed E-state index contributed by atoms with van der Waals surface area (Å²) in [6, 6.07) is 16.6. The fourth-order valence-electron chi connectivity index (χ4n) is 4.50. The number of hydrogen-bond acceptors (Lipinski definition) is 5. The maximum atomic E-state index is 13.3. The summed E-state index contributed by atoms with van der Waals surface area (Å²) in [5.74, 6) is -0.0729. The predicted octanol–water partition coefficient (Wildman–Crippen LogP) is 4.42. The third-order valence-electron chi connectivity index (χ3n) is 6.09. The zero-order valence-corrected chi connectivity index (χ0v) is 19.0. The lowest BCUT2D eigenvalue weighted by Crippen LogP contribution is -2.36. The highest BCUT2D eigenvalue weighted by Gasteiger charge is 2.24. The molecule has 7 heteroatoms. The van der Waals surface area contributed by atoms with Crippen molar-refractivity contribution in [2.24, 2.45) is 0 Å². The number of hydrogen-bond donors (Lipinski definition) is 1. The van der Waals surface area contributed by atoms with Gasteiger partial charge in [0.15, 0.2) is 5.65 Å². The van der Waals surface area contributed by atoms with Crippen molar-refractivity contribution < 1.29 is 4.79 Å². The number of nitrogens with zero attached hydrogens (tertiary/aromatic N) is 4. The SMILES string of the molecule is Cc1cc(C(=O)NCC(c2ccccc2)N2CCCC2)c2cnn(Cc3cccs3)c2n1. The summed E-state index contributed by atoms with van der Waals surface area (Å²) in [6.07, 6.45) is 4.19. The molecule has 1 aliphatic rings. The Morgan fingerprint density at radius 3 is 2.72 bits per heavy atom. The third-order valence-corrected chi connectivity index (χ3v) is 6.95. The molecule has 164 valence electrons. The Hall–Kier alpha value is -3.03. The first-order valence-corrected chi connectivity index (χ1v) is 12.0. The van der Waals surface area contributed by atoms with Gasteiger partial charge < -0.3 is 5.32 Å². The van der Waals surface area contributed by atoms with Crippen LogP contribution in [0, 0.1) is 6.92 Å². The summed E-state index contributed by atoms with van der Waals surface area (Å²) in [5, 5.41) is 10.6. The molecule has 1 saturated heterocycles. The van der Waals surface area contributed by atoms with Crippen molar-refractivity contribution in [2.75, 3.05) is 19.6 Å². The number of carbonyl (C=O) groups is 1. The van der Waals surface area contributed by atoms with E-state index in [1.807, 2.05) is 29.8 Å². The minimum absolute atomic E-state index is 0.0729. The number of benzene rings is 1. The van der Waals surface area contributed by atoms with Gasteiger partial charge in [-0.2, -0.15) is 5.10 Å². The first kappa shape index (κ1) is 20.8. The summed E-state index contributed by atoms with van der Waals surface area (Å²) in [5.41, 5.74) is 3.45. The van der Waals surface area contributed by atoms with Gasteiger partial charge in [0.1, 0.15) is 0 Å². The second-order valence-electron chi connectivity index (χ2n) is 8.31. The van der Waals surface area contributed by atoms with E-state index < -0.39 is 0 Å². The predicted molar refractivity (Wildman–Crippen MR) is 128 cm³/mol. The smallest absolute Gasteiger partial charge is 0.252 e. The Bertz CT molecular complexity index is 1200. The number of aryl methyl sites for hydroxylation is 1. The van der Waals surface area contributed by atoms with E-state index in [4.69, 9.17) is 0 Å². The molecule has 32 heavy (non-hydrogen) atoms. The molecule has 0 saturated carbocycles. The van der Waals surface area contributed by atoms with Crippen molar-refractivity contribution in [3.63, 3.8) is 0 Å². The number of nitrogens with one attached hydrogen (secondary N) is 1. The van der Waals surface area contributed by atoms with Crippen LogP contribution in [0.5, 0.6) is 0 Å². The lowest BCUT2D eigenvalue weighted by Gasteiger charge is -2.28. The Kier molecular flexibility index (Phi) is 6.01. The van der Waals surface area contributed by atoms with Crippen LogP contribution < -0.4 is 5.32 Å². The molecule has 1 fully saturated rings. The average molecular weight is 446 g/mol. The van der Waals surface area contributed by atoms with Crippen LogP contribution in [0.4, 0.5) is 0 Å². The highest BCUT2D eigenvalue weighted by Crippen LogP contribution is 2.25. The fraction of sp³-hybridized carbons (Fsp3) is 0.320. The number of carbonyl (C=O) groups excluding carboxylic acids is 1. The number of aromatic nitrogens is 3. The van der Waals surface area contributed by atoms with E-state index in [9.17, 15) is 4.79 Å². The molecule has 5 rings (SSSR count). The molecule has 1 aromatic carbocycles. The van der Waals surface area contributed by atoms with Gasteiger partial charge in [0, 0.05) is 17.1 Å². The van der Waals surface area contributed by atoms with Crippen LogP contribution in [-0.2, 0) is 6.54 Å². The zero-order chi connectivity index (χ0) is 21.9. The molecule has 0 radical (unpaired) electrons. The van der Waals surface area contributed by atoms with Crippen LogP contribution >= 0.6 is 11.3 Å². The maximum Gasteiger partial charge on any atom is 0.252 e. The number of likely N-dealkylation sites (tertiary alicyclic amines) is 1. The summed E-state index contributed by atoms with van der Waals surface area (Å²) in [6.45, 7) is 5.31. The van der Waals surface area contributed by atoms with Crippen molar-refractivity contribution >= 4 is 28.3 Å². The van der Waals surface area contributed by atoms with E-state index in [2.05, 4.69) is 56.0 Å². The van der Waals surface area contributed by atoms with Crippen molar-refractivity contribution in [3.8, 4) is 0 Å². The third kappa shape index (κ3) is 4.31. The average Bonchev–Trinajstić information content (AvgIpc) is 3.58. The van der Waals surface area contributed by atoms with Gasteiger partial charge in [-0.3, -0.25) is 9.69 Å². The standard InChI is InChI=1S/C25H27N5OS/c1-18-14-21(22-15-27-30(24(22)28-18)17-20-10-7-13-32-20)25(31)26-16-23(29-11-5-6-12-29)19-8-3-2-4-9-19/h2-4,7-10,13-15,23H,5-6,11-12,16-17H2,1H3,(H,26,31). The molecule has 1 N–H and O–H groups in total. The molecular formula is C25H27N5OS. The summed E-state index contributed by atoms with van der Waals surface area (Å²) in [7, 11) is 0. The second kappa shape index (κ2) is 9.22. The molecule has 3 aromatic heterocycles. The van der Waals surface area contributed by atoms with Gasteiger partial charge in [-0.1, -0.05) is 36.4 Å². The van der Waals surface area contributed by atoms with Crippen LogP contribution in [0.2, 0.25) is 0 Å². The van der Waals surface area contributed by atoms with Crippen molar-refractivity contribution in [2.45, 2.75) is 32.4 Å². The lowest BCUT2D eigenvalue weighted by atomic mass is 10.0. The fourth-order valence-corrected chi connectivity index (χ4v) is 5.18. The van der Waals surface area contributed by atoms with Crippen molar-refractivity contribution in [3.05, 3.63) is 81.8 Å². The number of amides is 1. The Morgan fingerprint density at radius 2 is 1.97 bits per heavy atom. The van der Waals surface area contributed by atoms with Gasteiger partial charge in [-0.25, -0.2) is 9.67 Å². The molecule has 1 amide bonds. The summed E-state index contributed by atoms with van der Waals surface area (Å²) < 4.78 is 1.88. The van der Waals surface area contributed by atoms with Gasteiger partial charge in [-0.05, 0) is 55.9 Å². The van der Waals surface area contributed by atoms with Crippen molar-refractivity contribution in [1.29, 1.82) is 0 Å². The topological polar surface area (TPSA) is 63.1 Å². The minimum atomic E-state index is -0.0729. The summed E-state index contributed by atoms with van der Waals surface area (Å²) in [4.78, 5) is 21.7. The monoisotopic (exact) mass is 445 g/mol. The van der Waals surface area contributed by atoms with Gasteiger partial charge in [-0.15, -0.1) is 11.3 Å². The van der Waals surface area contributed by atoms with Crippen LogP contribution in [0.15, 0.2) is 60.1 Å². The molecular weight excluding hydrogens is 418 g/mol. The van der Waals surface area contributed by atoms with E-state index in [1.165, 1.54) is 23.3 Å². The van der Waals surface area contributed by atoms with E-state index in [0.717, 1.165) is 29.8 Å².